The van der Waals surface area contributed by atoms with Crippen molar-refractivity contribution >= 4 is 63.6 Å². The second-order valence-corrected chi connectivity index (χ2v) is 20.8. The van der Waals surface area contributed by atoms with Crippen molar-refractivity contribution in [1.29, 1.82) is 0 Å². The molecule has 10 nitrogen and oxygen atoms in total. The highest BCUT2D eigenvalue weighted by Crippen LogP contribution is 2.42. The second-order valence-electron chi connectivity index (χ2n) is 14.8. The van der Waals surface area contributed by atoms with Gasteiger partial charge in [-0.25, -0.2) is 23.2 Å². The topological polar surface area (TPSA) is 113 Å². The molecule has 0 bridgehead atoms. The van der Waals surface area contributed by atoms with Gasteiger partial charge >= 0.3 is 6.09 Å². The standard InChI is InChI=1S/C39H43BrF2N6O4SSi/c1-5-18-53-37-44-35-34(36(45-37)52-38(49)43-31-21-28(31)24-16-17-29(41)30(42)19-24)46-47-48(35)32-20-25(22-40)51-33(32)23-50-54(39(2,3)4,26-12-8-6-9-13-26)27-14-10-7-11-15-27/h6-17,19,25,28,31-33H,5,18,20-23H2,1-4H3,(H,43,49)/t25-,28+,31-,32-,33+/m1/s1. The van der Waals surface area contributed by atoms with E-state index >= 15 is 0 Å². The van der Waals surface area contributed by atoms with Gasteiger partial charge in [0.2, 0.25) is 0 Å². The Morgan fingerprint density at radius 3 is 2.35 bits per heavy atom. The van der Waals surface area contributed by atoms with Gasteiger partial charge in [0, 0.05) is 23.0 Å². The van der Waals surface area contributed by atoms with Crippen LogP contribution in [0.1, 0.15) is 64.5 Å². The van der Waals surface area contributed by atoms with Crippen molar-refractivity contribution in [2.24, 2.45) is 0 Å². The number of carbonyl (C=O) groups is 1. The van der Waals surface area contributed by atoms with Crippen LogP contribution in [0.25, 0.3) is 11.2 Å². The predicted octanol–water partition coefficient (Wildman–Crippen LogP) is 7.32. The molecular formula is C39H43BrF2N6O4SSi. The van der Waals surface area contributed by atoms with Gasteiger partial charge in [0.1, 0.15) is 6.10 Å². The number of thioether (sulfide) groups is 1. The summed E-state index contributed by atoms with van der Waals surface area (Å²) >= 11 is 5.09. The van der Waals surface area contributed by atoms with E-state index in [1.54, 1.807) is 4.68 Å². The summed E-state index contributed by atoms with van der Waals surface area (Å²) in [6.45, 7) is 9.10. The fourth-order valence-corrected chi connectivity index (χ4v) is 13.0. The molecule has 2 fully saturated rings. The zero-order valence-corrected chi connectivity index (χ0v) is 33.9. The van der Waals surface area contributed by atoms with Crippen molar-refractivity contribution in [3.63, 3.8) is 0 Å². The molecule has 1 saturated carbocycles. The Labute approximate surface area is 327 Å². The van der Waals surface area contributed by atoms with Crippen molar-refractivity contribution < 1.29 is 27.5 Å². The number of hydrogen-bond donors (Lipinski definition) is 1. The summed E-state index contributed by atoms with van der Waals surface area (Å²) in [4.78, 5) is 22.6. The Kier molecular flexibility index (Phi) is 11.5. The zero-order valence-electron chi connectivity index (χ0n) is 30.5. The third-order valence-electron chi connectivity index (χ3n) is 10.0. The minimum absolute atomic E-state index is 0.0107. The molecule has 7 rings (SSSR count). The molecule has 1 saturated heterocycles. The van der Waals surface area contributed by atoms with Gasteiger partial charge in [0.15, 0.2) is 28.0 Å². The molecule has 2 aliphatic rings. The van der Waals surface area contributed by atoms with Gasteiger partial charge in [-0.3, -0.25) is 0 Å². The van der Waals surface area contributed by atoms with E-state index in [1.165, 1.54) is 28.2 Å². The molecule has 5 atom stereocenters. The molecule has 0 spiro atoms. The Balaban J connectivity index is 1.17. The summed E-state index contributed by atoms with van der Waals surface area (Å²) < 4.78 is 48.8. The summed E-state index contributed by atoms with van der Waals surface area (Å²) in [6, 6.07) is 24.2. The number of rotatable bonds is 13. The first-order valence-electron chi connectivity index (χ1n) is 18.2. The lowest BCUT2D eigenvalue weighted by Crippen LogP contribution is -2.67. The van der Waals surface area contributed by atoms with Crippen molar-refractivity contribution in [2.45, 2.75) is 87.4 Å². The van der Waals surface area contributed by atoms with Crippen molar-refractivity contribution in [3.05, 3.63) is 96.1 Å². The summed E-state index contributed by atoms with van der Waals surface area (Å²) in [6.07, 6.45) is 0.853. The molecular weight excluding hydrogens is 795 g/mol. The maximum absolute atomic E-state index is 13.8. The average molecular weight is 838 g/mol. The number of aromatic nitrogens is 5. The average Bonchev–Trinajstić information content (AvgIpc) is 3.58. The Hall–Kier alpha value is -3.76. The molecule has 1 aliphatic carbocycles. The fourth-order valence-electron chi connectivity index (χ4n) is 7.36. The van der Waals surface area contributed by atoms with Gasteiger partial charge in [0.25, 0.3) is 14.2 Å². The minimum atomic E-state index is -2.87. The lowest BCUT2D eigenvalue weighted by atomic mass is 10.1. The number of benzene rings is 3. The van der Waals surface area contributed by atoms with Gasteiger partial charge in [-0.2, -0.15) is 4.98 Å². The summed E-state index contributed by atoms with van der Waals surface area (Å²) in [7, 11) is -2.87. The first-order valence-corrected chi connectivity index (χ1v) is 22.2. The molecule has 1 amide bonds. The number of nitrogens with one attached hydrogen (secondary N) is 1. The maximum Gasteiger partial charge on any atom is 0.414 e. The van der Waals surface area contributed by atoms with Crippen LogP contribution in [0.2, 0.25) is 5.04 Å². The highest BCUT2D eigenvalue weighted by atomic mass is 79.9. The van der Waals surface area contributed by atoms with Gasteiger partial charge in [-0.15, -0.1) is 5.10 Å². The molecule has 0 unspecified atom stereocenters. The monoisotopic (exact) mass is 836 g/mol. The van der Waals surface area contributed by atoms with Crippen LogP contribution in [0.15, 0.2) is 84.0 Å². The molecule has 0 radical (unpaired) electrons. The van der Waals surface area contributed by atoms with Crippen LogP contribution >= 0.6 is 27.7 Å². The van der Waals surface area contributed by atoms with Gasteiger partial charge in [-0.1, -0.05) is 127 Å². The number of carbonyl (C=O) groups excluding carboxylic acids is 1. The molecule has 1 N–H and O–H groups in total. The lowest BCUT2D eigenvalue weighted by molar-refractivity contribution is 0.0137. The molecule has 3 heterocycles. The van der Waals surface area contributed by atoms with Crippen molar-refractivity contribution in [2.75, 3.05) is 17.7 Å². The molecule has 2 aromatic heterocycles. The highest BCUT2D eigenvalue weighted by Gasteiger charge is 2.51. The molecule has 1 aliphatic heterocycles. The second kappa shape index (κ2) is 16.1. The number of nitrogens with zero attached hydrogens (tertiary/aromatic N) is 5. The van der Waals surface area contributed by atoms with E-state index < -0.39 is 32.1 Å². The minimum Gasteiger partial charge on any atom is -0.405 e. The van der Waals surface area contributed by atoms with Crippen LogP contribution < -0.4 is 20.4 Å². The van der Waals surface area contributed by atoms with E-state index in [-0.39, 0.29) is 40.5 Å². The number of ether oxygens (including phenoxy) is 2. The molecule has 3 aromatic carbocycles. The number of hydrogen-bond acceptors (Lipinski definition) is 9. The van der Waals surface area contributed by atoms with Crippen LogP contribution in [-0.2, 0) is 9.16 Å². The van der Waals surface area contributed by atoms with Crippen LogP contribution in [-0.4, -0.2) is 75.3 Å². The van der Waals surface area contributed by atoms with E-state index in [1.807, 2.05) is 12.1 Å². The molecule has 284 valence electrons. The third-order valence-corrected chi connectivity index (χ3v) is 16.8. The third kappa shape index (κ3) is 7.83. The largest absolute Gasteiger partial charge is 0.414 e. The van der Waals surface area contributed by atoms with Gasteiger partial charge in [0.05, 0.1) is 18.8 Å². The van der Waals surface area contributed by atoms with Crippen LogP contribution in [0.3, 0.4) is 0 Å². The summed E-state index contributed by atoms with van der Waals surface area (Å²) in [5.74, 6) is -1.24. The van der Waals surface area contributed by atoms with Crippen LogP contribution in [0, 0.1) is 11.6 Å². The van der Waals surface area contributed by atoms with Crippen molar-refractivity contribution in [3.8, 4) is 5.88 Å². The fraction of sp³-hybridized carbons (Fsp3) is 0.410. The Morgan fingerprint density at radius 2 is 1.72 bits per heavy atom. The van der Waals surface area contributed by atoms with Crippen molar-refractivity contribution in [1.82, 2.24) is 30.3 Å². The zero-order chi connectivity index (χ0) is 38.0. The molecule has 5 aromatic rings. The normalized spacial score (nSPS) is 21.4. The SMILES string of the molecule is CCCSc1nc(OC(=O)N[C@@H]2C[C@H]2c2ccc(F)c(F)c2)c2nnn([C@@H]3C[C@H](CBr)O[C@H]3CO[Si](c3ccccc3)(c3ccccc3)C(C)(C)C)c2n1. The van der Waals surface area contributed by atoms with E-state index in [0.29, 0.717) is 41.1 Å². The Morgan fingerprint density at radius 1 is 1.02 bits per heavy atom. The quantitative estimate of drug-likeness (QED) is 0.0565. The number of fused-ring (bicyclic) bond motifs is 1. The lowest BCUT2D eigenvalue weighted by Gasteiger charge is -2.43. The highest BCUT2D eigenvalue weighted by molar-refractivity contribution is 9.09. The van der Waals surface area contributed by atoms with E-state index in [4.69, 9.17) is 18.9 Å². The first-order chi connectivity index (χ1) is 26.0. The maximum atomic E-state index is 13.8. The summed E-state index contributed by atoms with van der Waals surface area (Å²) in [5.41, 5.74) is 1.28. The smallest absolute Gasteiger partial charge is 0.405 e. The number of amides is 1. The van der Waals surface area contributed by atoms with E-state index in [2.05, 4.69) is 113 Å². The predicted molar refractivity (Wildman–Crippen MR) is 210 cm³/mol. The van der Waals surface area contributed by atoms with Crippen LogP contribution in [0.5, 0.6) is 5.88 Å². The molecule has 54 heavy (non-hydrogen) atoms. The van der Waals surface area contributed by atoms with Crippen LogP contribution in [0.4, 0.5) is 13.6 Å². The Bertz CT molecular complexity index is 2050. The molecule has 15 heteroatoms. The van der Waals surface area contributed by atoms with E-state index in [9.17, 15) is 13.6 Å². The van der Waals surface area contributed by atoms with E-state index in [0.717, 1.165) is 24.3 Å². The number of alkyl halides is 1. The summed E-state index contributed by atoms with van der Waals surface area (Å²) in [5, 5.41) is 15.0. The number of halogens is 3. The van der Waals surface area contributed by atoms with Gasteiger partial charge in [-0.05, 0) is 52.4 Å². The first kappa shape index (κ1) is 38.5. The van der Waals surface area contributed by atoms with Gasteiger partial charge < -0.3 is 19.2 Å².